The lowest BCUT2D eigenvalue weighted by molar-refractivity contribution is 0.251. The molecule has 0 fully saturated rings. The molecule has 0 aliphatic heterocycles. The van der Waals surface area contributed by atoms with Crippen LogP contribution < -0.4 is 5.32 Å². The number of carbonyl (C=O) groups is 1. The van der Waals surface area contributed by atoms with Gasteiger partial charge in [-0.3, -0.25) is 0 Å². The molecule has 0 unspecified atom stereocenters. The van der Waals surface area contributed by atoms with Crippen LogP contribution in [0, 0.1) is 6.92 Å². The normalized spacial score (nSPS) is 10.7. The summed E-state index contributed by atoms with van der Waals surface area (Å²) in [6.07, 6.45) is 0. The van der Waals surface area contributed by atoms with E-state index in [4.69, 9.17) is 0 Å². The van der Waals surface area contributed by atoms with Crippen LogP contribution >= 0.6 is 15.9 Å². The lowest BCUT2D eigenvalue weighted by Gasteiger charge is -2.06. The molecular formula is C15H12BrN3O. The molecule has 0 aliphatic carbocycles. The monoisotopic (exact) mass is 329 g/mol. The number of carbonyl (C=O) groups excluding carboxylic acids is 1. The first-order valence-electron chi connectivity index (χ1n) is 6.16. The summed E-state index contributed by atoms with van der Waals surface area (Å²) in [5, 5.41) is 8.12. The molecule has 1 amide bonds. The molecule has 0 atom stereocenters. The second kappa shape index (κ2) is 5.09. The Kier molecular flexibility index (Phi) is 3.28. The van der Waals surface area contributed by atoms with Gasteiger partial charge >= 0.3 is 6.03 Å². The van der Waals surface area contributed by atoms with Crippen LogP contribution in [0.5, 0.6) is 0 Å². The Morgan fingerprint density at radius 3 is 2.80 bits per heavy atom. The van der Waals surface area contributed by atoms with Crippen molar-refractivity contribution in [3.63, 3.8) is 0 Å². The lowest BCUT2D eigenvalue weighted by atomic mass is 10.2. The van der Waals surface area contributed by atoms with Gasteiger partial charge < -0.3 is 5.32 Å². The van der Waals surface area contributed by atoms with E-state index in [1.165, 1.54) is 4.68 Å². The van der Waals surface area contributed by atoms with Gasteiger partial charge in [0.25, 0.3) is 0 Å². The predicted molar refractivity (Wildman–Crippen MR) is 83.0 cm³/mol. The maximum absolute atomic E-state index is 12.3. The number of amides is 1. The Morgan fingerprint density at radius 2 is 2.00 bits per heavy atom. The average molecular weight is 330 g/mol. The van der Waals surface area contributed by atoms with E-state index in [9.17, 15) is 4.79 Å². The minimum atomic E-state index is -0.271. The molecule has 2 aromatic carbocycles. The molecule has 0 spiro atoms. The van der Waals surface area contributed by atoms with Crippen molar-refractivity contribution < 1.29 is 4.79 Å². The van der Waals surface area contributed by atoms with Gasteiger partial charge in [-0.2, -0.15) is 9.78 Å². The third kappa shape index (κ3) is 2.32. The third-order valence-corrected chi connectivity index (χ3v) is 3.53. The van der Waals surface area contributed by atoms with E-state index in [0.717, 1.165) is 26.8 Å². The maximum atomic E-state index is 12.3. The van der Waals surface area contributed by atoms with Gasteiger partial charge in [0.15, 0.2) is 0 Å². The first-order valence-corrected chi connectivity index (χ1v) is 6.96. The highest BCUT2D eigenvalue weighted by atomic mass is 79.9. The van der Waals surface area contributed by atoms with Gasteiger partial charge in [0.05, 0.1) is 11.2 Å². The van der Waals surface area contributed by atoms with Crippen molar-refractivity contribution in [2.75, 3.05) is 5.32 Å². The van der Waals surface area contributed by atoms with Gasteiger partial charge in [0, 0.05) is 15.5 Å². The average Bonchev–Trinajstić information content (AvgIpc) is 2.77. The summed E-state index contributed by atoms with van der Waals surface area (Å²) < 4.78 is 2.31. The van der Waals surface area contributed by atoms with Crippen LogP contribution in [-0.4, -0.2) is 15.8 Å². The Bertz CT molecular complexity index is 795. The zero-order chi connectivity index (χ0) is 14.1. The molecular weight excluding hydrogens is 318 g/mol. The number of rotatable bonds is 1. The lowest BCUT2D eigenvalue weighted by Crippen LogP contribution is -2.20. The largest absolute Gasteiger partial charge is 0.347 e. The number of para-hydroxylation sites is 1. The zero-order valence-electron chi connectivity index (χ0n) is 10.8. The number of nitrogens with one attached hydrogen (secondary N) is 1. The molecule has 5 heteroatoms. The van der Waals surface area contributed by atoms with Crippen molar-refractivity contribution in [2.24, 2.45) is 0 Å². The Hall–Kier alpha value is -2.14. The fourth-order valence-electron chi connectivity index (χ4n) is 2.12. The fourth-order valence-corrected chi connectivity index (χ4v) is 2.52. The number of anilines is 1. The number of aromatic nitrogens is 2. The first-order chi connectivity index (χ1) is 9.65. The number of hydrogen-bond acceptors (Lipinski definition) is 2. The number of aryl methyl sites for hydroxylation is 1. The molecule has 4 nitrogen and oxygen atoms in total. The summed E-state index contributed by atoms with van der Waals surface area (Å²) >= 11 is 3.38. The van der Waals surface area contributed by atoms with Crippen LogP contribution in [0.1, 0.15) is 5.69 Å². The van der Waals surface area contributed by atoms with Crippen molar-refractivity contribution in [3.8, 4) is 0 Å². The van der Waals surface area contributed by atoms with Gasteiger partial charge in [-0.05, 0) is 31.2 Å². The maximum Gasteiger partial charge on any atom is 0.347 e. The topological polar surface area (TPSA) is 46.9 Å². The van der Waals surface area contributed by atoms with Crippen LogP contribution in [-0.2, 0) is 0 Å². The van der Waals surface area contributed by atoms with E-state index < -0.39 is 0 Å². The number of halogens is 1. The highest BCUT2D eigenvalue weighted by Crippen LogP contribution is 2.19. The van der Waals surface area contributed by atoms with Crippen molar-refractivity contribution in [1.29, 1.82) is 0 Å². The Morgan fingerprint density at radius 1 is 1.20 bits per heavy atom. The molecule has 0 aliphatic rings. The number of hydrogen-bond donors (Lipinski definition) is 1. The fraction of sp³-hybridized carbons (Fsp3) is 0.0667. The molecule has 3 rings (SSSR count). The Balaban J connectivity index is 1.97. The van der Waals surface area contributed by atoms with Crippen LogP contribution in [0.15, 0.2) is 53.0 Å². The number of fused-ring (bicyclic) bond motifs is 1. The van der Waals surface area contributed by atoms with E-state index in [1.807, 2.05) is 55.5 Å². The SMILES string of the molecule is Cc1nn(C(=O)Nc2cccc(Br)c2)c2ccccc12. The van der Waals surface area contributed by atoms with Crippen LogP contribution in [0.3, 0.4) is 0 Å². The number of benzene rings is 2. The van der Waals surface area contributed by atoms with Crippen LogP contribution in [0.4, 0.5) is 10.5 Å². The molecule has 3 aromatic rings. The summed E-state index contributed by atoms with van der Waals surface area (Å²) in [7, 11) is 0. The van der Waals surface area contributed by atoms with Gasteiger partial charge in [0.2, 0.25) is 0 Å². The molecule has 1 N–H and O–H groups in total. The highest BCUT2D eigenvalue weighted by molar-refractivity contribution is 9.10. The molecule has 0 saturated heterocycles. The predicted octanol–water partition coefficient (Wildman–Crippen LogP) is 4.19. The molecule has 0 radical (unpaired) electrons. The van der Waals surface area contributed by atoms with Gasteiger partial charge in [-0.15, -0.1) is 0 Å². The van der Waals surface area contributed by atoms with Gasteiger partial charge in [0.1, 0.15) is 0 Å². The Labute approximate surface area is 124 Å². The molecule has 20 heavy (non-hydrogen) atoms. The summed E-state index contributed by atoms with van der Waals surface area (Å²) in [6.45, 7) is 1.89. The van der Waals surface area contributed by atoms with Crippen molar-refractivity contribution >= 4 is 38.6 Å². The minimum absolute atomic E-state index is 0.271. The van der Waals surface area contributed by atoms with Gasteiger partial charge in [-0.25, -0.2) is 4.79 Å². The van der Waals surface area contributed by atoms with E-state index in [-0.39, 0.29) is 6.03 Å². The minimum Gasteiger partial charge on any atom is -0.306 e. The van der Waals surface area contributed by atoms with E-state index in [0.29, 0.717) is 0 Å². The summed E-state index contributed by atoms with van der Waals surface area (Å²) in [5.41, 5.74) is 2.36. The quantitative estimate of drug-likeness (QED) is 0.727. The molecule has 1 aromatic heterocycles. The molecule has 0 bridgehead atoms. The van der Waals surface area contributed by atoms with Gasteiger partial charge in [-0.1, -0.05) is 40.2 Å². The standard InChI is InChI=1S/C15H12BrN3O/c1-10-13-7-2-3-8-14(13)19(18-10)15(20)17-12-6-4-5-11(16)9-12/h2-9H,1H3,(H,17,20). The molecule has 100 valence electrons. The number of nitrogens with zero attached hydrogens (tertiary/aromatic N) is 2. The summed E-state index contributed by atoms with van der Waals surface area (Å²) in [6, 6.07) is 14.9. The summed E-state index contributed by atoms with van der Waals surface area (Å²) in [5.74, 6) is 0. The van der Waals surface area contributed by atoms with Crippen LogP contribution in [0.25, 0.3) is 10.9 Å². The van der Waals surface area contributed by atoms with Crippen molar-refractivity contribution in [2.45, 2.75) is 6.92 Å². The van der Waals surface area contributed by atoms with Crippen molar-refractivity contribution in [3.05, 3.63) is 58.7 Å². The zero-order valence-corrected chi connectivity index (χ0v) is 12.4. The highest BCUT2D eigenvalue weighted by Gasteiger charge is 2.13. The first kappa shape index (κ1) is 12.9. The second-order valence-electron chi connectivity index (χ2n) is 4.45. The van der Waals surface area contributed by atoms with E-state index in [2.05, 4.69) is 26.3 Å². The smallest absolute Gasteiger partial charge is 0.306 e. The summed E-state index contributed by atoms with van der Waals surface area (Å²) in [4.78, 5) is 12.3. The van der Waals surface area contributed by atoms with E-state index in [1.54, 1.807) is 0 Å². The van der Waals surface area contributed by atoms with E-state index >= 15 is 0 Å². The molecule has 1 heterocycles. The van der Waals surface area contributed by atoms with Crippen LogP contribution in [0.2, 0.25) is 0 Å². The molecule has 0 saturated carbocycles. The third-order valence-electron chi connectivity index (χ3n) is 3.04. The van der Waals surface area contributed by atoms with Crippen molar-refractivity contribution in [1.82, 2.24) is 9.78 Å². The second-order valence-corrected chi connectivity index (χ2v) is 5.37.